The van der Waals surface area contributed by atoms with E-state index < -0.39 is 10.0 Å². The van der Waals surface area contributed by atoms with Gasteiger partial charge in [-0.15, -0.1) is 0 Å². The zero-order valence-electron chi connectivity index (χ0n) is 14.1. The predicted octanol–water partition coefficient (Wildman–Crippen LogP) is 3.27. The number of rotatable bonds is 4. The summed E-state index contributed by atoms with van der Waals surface area (Å²) in [4.78, 5) is 4.60. The van der Waals surface area contributed by atoms with Crippen molar-refractivity contribution < 1.29 is 17.4 Å². The molecular weight excluding hydrogens is 366 g/mol. The Bertz CT molecular complexity index is 1210. The van der Waals surface area contributed by atoms with Gasteiger partial charge >= 0.3 is 0 Å². The Labute approximate surface area is 155 Å². The molecule has 0 spiro atoms. The first-order valence-corrected chi connectivity index (χ1v) is 9.92. The molecule has 1 aliphatic rings. The van der Waals surface area contributed by atoms with Crippen molar-refractivity contribution in [1.82, 2.24) is 14.4 Å². The average Bonchev–Trinajstić information content (AvgIpc) is 3.31. The number of aromatic nitrogens is 2. The van der Waals surface area contributed by atoms with Crippen molar-refractivity contribution >= 4 is 20.8 Å². The minimum atomic E-state index is -3.55. The van der Waals surface area contributed by atoms with Crippen molar-refractivity contribution in [3.63, 3.8) is 0 Å². The molecule has 1 fully saturated rings. The Kier molecular flexibility index (Phi) is 3.63. The van der Waals surface area contributed by atoms with E-state index in [0.717, 1.165) is 10.8 Å². The van der Waals surface area contributed by atoms with Crippen LogP contribution in [0, 0.1) is 0 Å². The lowest BCUT2D eigenvalue weighted by Crippen LogP contribution is -2.48. The van der Waals surface area contributed by atoms with Gasteiger partial charge in [0.1, 0.15) is 0 Å². The molecule has 27 heavy (non-hydrogen) atoms. The highest BCUT2D eigenvalue weighted by molar-refractivity contribution is 7.89. The summed E-state index contributed by atoms with van der Waals surface area (Å²) in [6.45, 7) is 0.629. The summed E-state index contributed by atoms with van der Waals surface area (Å²) < 4.78 is 37.7. The van der Waals surface area contributed by atoms with Crippen LogP contribution in [0.4, 0.5) is 0 Å². The van der Waals surface area contributed by atoms with Crippen LogP contribution in [0.15, 0.2) is 74.7 Å². The second kappa shape index (κ2) is 6.04. The van der Waals surface area contributed by atoms with Gasteiger partial charge in [-0.3, -0.25) is 0 Å². The van der Waals surface area contributed by atoms with Crippen LogP contribution in [-0.4, -0.2) is 36.0 Å². The van der Waals surface area contributed by atoms with Gasteiger partial charge in [-0.25, -0.2) is 8.42 Å². The van der Waals surface area contributed by atoms with Crippen molar-refractivity contribution in [1.29, 1.82) is 0 Å². The van der Waals surface area contributed by atoms with Crippen LogP contribution >= 0.6 is 0 Å². The molecule has 0 radical (unpaired) electrons. The van der Waals surface area contributed by atoms with Crippen LogP contribution in [0.2, 0.25) is 0 Å². The van der Waals surface area contributed by atoms with Gasteiger partial charge in [0.25, 0.3) is 0 Å². The third kappa shape index (κ3) is 2.73. The molecule has 2 aromatic heterocycles. The molecule has 136 valence electrons. The first-order valence-electron chi connectivity index (χ1n) is 8.48. The van der Waals surface area contributed by atoms with E-state index in [1.807, 2.05) is 30.3 Å². The summed E-state index contributed by atoms with van der Waals surface area (Å²) in [6.07, 6.45) is 1.53. The predicted molar refractivity (Wildman–Crippen MR) is 97.4 cm³/mol. The molecule has 0 aliphatic carbocycles. The summed E-state index contributed by atoms with van der Waals surface area (Å²) in [6, 6.07) is 16.3. The van der Waals surface area contributed by atoms with E-state index >= 15 is 0 Å². The third-order valence-corrected chi connectivity index (χ3v) is 6.57. The van der Waals surface area contributed by atoms with Crippen molar-refractivity contribution in [2.45, 2.75) is 10.8 Å². The quantitative estimate of drug-likeness (QED) is 0.539. The number of fused-ring (bicyclic) bond motifs is 1. The molecule has 1 aliphatic heterocycles. The van der Waals surface area contributed by atoms with Crippen LogP contribution in [0.25, 0.3) is 22.4 Å². The van der Waals surface area contributed by atoms with Crippen molar-refractivity contribution in [3.8, 4) is 11.6 Å². The summed E-state index contributed by atoms with van der Waals surface area (Å²) in [5.74, 6) is 1.19. The first-order chi connectivity index (χ1) is 13.1. The largest absolute Gasteiger partial charge is 0.461 e. The molecule has 0 unspecified atom stereocenters. The second-order valence-electron chi connectivity index (χ2n) is 6.46. The molecule has 5 rings (SSSR count). The van der Waals surface area contributed by atoms with Gasteiger partial charge < -0.3 is 8.94 Å². The summed E-state index contributed by atoms with van der Waals surface area (Å²) in [7, 11) is -3.55. The van der Waals surface area contributed by atoms with Crippen molar-refractivity contribution in [2.24, 2.45) is 0 Å². The number of benzene rings is 2. The van der Waals surface area contributed by atoms with Crippen molar-refractivity contribution in [3.05, 3.63) is 66.8 Å². The fourth-order valence-electron chi connectivity index (χ4n) is 3.17. The first kappa shape index (κ1) is 16.2. The van der Waals surface area contributed by atoms with Gasteiger partial charge in [0.2, 0.25) is 21.7 Å². The normalized spacial score (nSPS) is 15.9. The Balaban J connectivity index is 1.34. The minimum absolute atomic E-state index is 0.114. The average molecular weight is 381 g/mol. The maximum absolute atomic E-state index is 12.9. The molecule has 0 bridgehead atoms. The third-order valence-electron chi connectivity index (χ3n) is 4.74. The molecule has 0 amide bonds. The van der Waals surface area contributed by atoms with Gasteiger partial charge in [0.15, 0.2) is 5.76 Å². The maximum Gasteiger partial charge on any atom is 0.243 e. The van der Waals surface area contributed by atoms with Crippen LogP contribution in [-0.2, 0) is 10.0 Å². The van der Waals surface area contributed by atoms with Gasteiger partial charge in [-0.1, -0.05) is 35.5 Å². The van der Waals surface area contributed by atoms with E-state index in [1.165, 1.54) is 10.6 Å². The van der Waals surface area contributed by atoms with E-state index in [0.29, 0.717) is 35.5 Å². The second-order valence-corrected chi connectivity index (χ2v) is 8.40. The Morgan fingerprint density at radius 2 is 1.81 bits per heavy atom. The molecule has 2 aromatic carbocycles. The number of hydrogen-bond acceptors (Lipinski definition) is 6. The standard InChI is InChI=1S/C19H15N3O4S/c23-27(24,16-8-7-13-4-1-2-5-14(13)10-16)22-11-15(12-22)19-20-18(21-26-19)17-6-3-9-25-17/h1-10,15H,11-12H2. The fourth-order valence-corrected chi connectivity index (χ4v) is 4.74. The molecule has 1 saturated heterocycles. The van der Waals surface area contributed by atoms with Crippen LogP contribution in [0.1, 0.15) is 11.8 Å². The smallest absolute Gasteiger partial charge is 0.243 e. The number of furan rings is 1. The van der Waals surface area contributed by atoms with E-state index in [9.17, 15) is 8.42 Å². The SMILES string of the molecule is O=S(=O)(c1ccc2ccccc2c1)N1CC(c2nc(-c3ccco3)no2)C1. The molecule has 8 heteroatoms. The van der Waals surface area contributed by atoms with E-state index in [2.05, 4.69) is 10.1 Å². The van der Waals surface area contributed by atoms with Crippen LogP contribution in [0.3, 0.4) is 0 Å². The molecule has 0 N–H and O–H groups in total. The highest BCUT2D eigenvalue weighted by Crippen LogP contribution is 2.33. The number of sulfonamides is 1. The molecule has 4 aromatic rings. The monoisotopic (exact) mass is 381 g/mol. The van der Waals surface area contributed by atoms with Gasteiger partial charge in [-0.05, 0) is 35.0 Å². The molecule has 7 nitrogen and oxygen atoms in total. The lowest BCUT2D eigenvalue weighted by Gasteiger charge is -2.35. The van der Waals surface area contributed by atoms with Gasteiger partial charge in [-0.2, -0.15) is 9.29 Å². The number of nitrogens with zero attached hydrogens (tertiary/aromatic N) is 3. The Hall–Kier alpha value is -2.97. The molecule has 3 heterocycles. The van der Waals surface area contributed by atoms with Gasteiger partial charge in [0, 0.05) is 13.1 Å². The Morgan fingerprint density at radius 3 is 2.59 bits per heavy atom. The minimum Gasteiger partial charge on any atom is -0.461 e. The summed E-state index contributed by atoms with van der Waals surface area (Å²) >= 11 is 0. The lowest BCUT2D eigenvalue weighted by molar-refractivity contribution is 0.217. The molecule has 0 saturated carbocycles. The summed E-state index contributed by atoms with van der Waals surface area (Å²) in [5, 5.41) is 5.80. The highest BCUT2D eigenvalue weighted by Gasteiger charge is 2.40. The van der Waals surface area contributed by atoms with Crippen molar-refractivity contribution in [2.75, 3.05) is 13.1 Å². The zero-order chi connectivity index (χ0) is 18.4. The van der Waals surface area contributed by atoms with E-state index in [4.69, 9.17) is 8.94 Å². The van der Waals surface area contributed by atoms with E-state index in [-0.39, 0.29) is 5.92 Å². The van der Waals surface area contributed by atoms with Crippen LogP contribution < -0.4 is 0 Å². The fraction of sp³-hybridized carbons (Fsp3) is 0.158. The summed E-state index contributed by atoms with van der Waals surface area (Å²) in [5.41, 5.74) is 0. The van der Waals surface area contributed by atoms with Crippen LogP contribution in [0.5, 0.6) is 0 Å². The lowest BCUT2D eigenvalue weighted by atomic mass is 10.0. The topological polar surface area (TPSA) is 89.4 Å². The highest BCUT2D eigenvalue weighted by atomic mass is 32.2. The Morgan fingerprint density at radius 1 is 1.00 bits per heavy atom. The van der Waals surface area contributed by atoms with Gasteiger partial charge in [0.05, 0.1) is 17.1 Å². The maximum atomic E-state index is 12.9. The van der Waals surface area contributed by atoms with E-state index in [1.54, 1.807) is 24.3 Å². The molecular formula is C19H15N3O4S. The zero-order valence-corrected chi connectivity index (χ0v) is 15.0. The molecule has 0 atom stereocenters. The number of hydrogen-bond donors (Lipinski definition) is 0.